The van der Waals surface area contributed by atoms with Crippen molar-refractivity contribution in [2.24, 2.45) is 5.92 Å². The zero-order chi connectivity index (χ0) is 25.2. The zero-order valence-corrected chi connectivity index (χ0v) is 21.1. The van der Waals surface area contributed by atoms with Crippen molar-refractivity contribution in [2.45, 2.75) is 45.2 Å². The van der Waals surface area contributed by atoms with Gasteiger partial charge in [-0.25, -0.2) is 14.4 Å². The summed E-state index contributed by atoms with van der Waals surface area (Å²) in [6.07, 6.45) is 6.31. The van der Waals surface area contributed by atoms with Gasteiger partial charge in [0.15, 0.2) is 0 Å². The third kappa shape index (κ3) is 4.94. The van der Waals surface area contributed by atoms with E-state index >= 15 is 0 Å². The van der Waals surface area contributed by atoms with Crippen molar-refractivity contribution in [3.8, 4) is 10.6 Å². The molecule has 1 aromatic carbocycles. The number of nitrogens with one attached hydrogen (secondary N) is 2. The van der Waals surface area contributed by atoms with E-state index in [1.807, 2.05) is 26.0 Å². The minimum Gasteiger partial charge on any atom is -0.396 e. The normalized spacial score (nSPS) is 18.3. The zero-order valence-electron chi connectivity index (χ0n) is 20.3. The summed E-state index contributed by atoms with van der Waals surface area (Å²) in [6.45, 7) is 8.01. The molecular formula is C27H29FN6OS. The highest BCUT2D eigenvalue weighted by molar-refractivity contribution is 7.21. The molecule has 3 atom stereocenters. The molecule has 1 saturated carbocycles. The monoisotopic (exact) mass is 504 g/mol. The first-order chi connectivity index (χ1) is 17.4. The second kappa shape index (κ2) is 10.3. The second-order valence-corrected chi connectivity index (χ2v) is 10.3. The number of aliphatic hydroxyl groups is 1. The van der Waals surface area contributed by atoms with Gasteiger partial charge in [-0.15, -0.1) is 17.9 Å². The topological polar surface area (TPSA) is 95.9 Å². The Kier molecular flexibility index (Phi) is 6.93. The number of hydrogen-bond acceptors (Lipinski definition) is 8. The van der Waals surface area contributed by atoms with Crippen LogP contribution in [0.25, 0.3) is 20.8 Å². The fraction of sp³-hybridized carbons (Fsp3) is 0.333. The Morgan fingerprint density at radius 3 is 2.78 bits per heavy atom. The molecule has 0 amide bonds. The first-order valence-electron chi connectivity index (χ1n) is 12.1. The van der Waals surface area contributed by atoms with Crippen LogP contribution in [-0.2, 0) is 0 Å². The number of rotatable bonds is 8. The lowest BCUT2D eigenvalue weighted by molar-refractivity contribution is 0.229. The average molecular weight is 505 g/mol. The molecule has 0 spiro atoms. The number of hydrogen-bond donors (Lipinski definition) is 3. The van der Waals surface area contributed by atoms with Crippen LogP contribution in [0, 0.1) is 25.6 Å². The van der Waals surface area contributed by atoms with Crippen LogP contribution in [0.2, 0.25) is 0 Å². The van der Waals surface area contributed by atoms with Crippen molar-refractivity contribution >= 4 is 33.3 Å². The third-order valence-corrected chi connectivity index (χ3v) is 7.70. The number of aryl methyl sites for hydroxylation is 2. The predicted molar refractivity (Wildman–Crippen MR) is 143 cm³/mol. The number of pyridine rings is 1. The van der Waals surface area contributed by atoms with Gasteiger partial charge in [0.05, 0.1) is 27.7 Å². The molecule has 0 saturated heterocycles. The van der Waals surface area contributed by atoms with Gasteiger partial charge in [-0.1, -0.05) is 18.2 Å². The van der Waals surface area contributed by atoms with Gasteiger partial charge in [0.1, 0.15) is 22.2 Å². The average Bonchev–Trinajstić information content (AvgIpc) is 3.50. The predicted octanol–water partition coefficient (Wildman–Crippen LogP) is 5.82. The van der Waals surface area contributed by atoms with E-state index < -0.39 is 0 Å². The fourth-order valence-corrected chi connectivity index (χ4v) is 5.88. The van der Waals surface area contributed by atoms with Crippen molar-refractivity contribution in [2.75, 3.05) is 17.2 Å². The minimum absolute atomic E-state index is 0.194. The number of aromatic nitrogens is 4. The number of anilines is 2. The van der Waals surface area contributed by atoms with Crippen molar-refractivity contribution in [3.05, 3.63) is 72.0 Å². The van der Waals surface area contributed by atoms with Gasteiger partial charge in [-0.05, 0) is 62.8 Å². The van der Waals surface area contributed by atoms with Gasteiger partial charge in [-0.2, -0.15) is 4.98 Å². The highest BCUT2D eigenvalue weighted by Crippen LogP contribution is 2.38. The first kappa shape index (κ1) is 24.3. The Hall–Kier alpha value is -3.43. The number of thiazole rings is 1. The van der Waals surface area contributed by atoms with E-state index in [1.165, 1.54) is 12.1 Å². The first-order valence-corrected chi connectivity index (χ1v) is 12.9. The van der Waals surface area contributed by atoms with Crippen LogP contribution >= 0.6 is 11.3 Å². The lowest BCUT2D eigenvalue weighted by Gasteiger charge is -2.20. The Morgan fingerprint density at radius 2 is 2.06 bits per heavy atom. The smallest absolute Gasteiger partial charge is 0.225 e. The molecule has 1 aliphatic carbocycles. The molecule has 3 heterocycles. The standard InChI is InChI=1S/C27H29FN6OS/c1-4-21(18-6-5-7-19(28)13-18)32-27-30-15(2)23(25(34-27)31-20-9-8-17(12-20)14-35)26-33-24-16(3)29-11-10-22(24)36-26/h4-7,10-11,13,17,20-21,35H,1,8-9,12,14H2,2-3H3,(H2,30,31,32,34)/t17-,20+,21-/m1/s1. The number of nitrogens with zero attached hydrogens (tertiary/aromatic N) is 4. The molecule has 1 fully saturated rings. The van der Waals surface area contributed by atoms with Gasteiger partial charge >= 0.3 is 0 Å². The molecule has 0 bridgehead atoms. The van der Waals surface area contributed by atoms with Crippen LogP contribution < -0.4 is 10.6 Å². The molecule has 0 aliphatic heterocycles. The minimum atomic E-state index is -0.361. The van der Waals surface area contributed by atoms with Gasteiger partial charge in [0.2, 0.25) is 5.95 Å². The van der Waals surface area contributed by atoms with Crippen LogP contribution in [0.3, 0.4) is 0 Å². The van der Waals surface area contributed by atoms with E-state index in [-0.39, 0.29) is 24.5 Å². The van der Waals surface area contributed by atoms with E-state index in [2.05, 4.69) is 22.2 Å². The Morgan fingerprint density at radius 1 is 1.19 bits per heavy atom. The van der Waals surface area contributed by atoms with Crippen LogP contribution in [0.15, 0.2) is 49.2 Å². The summed E-state index contributed by atoms with van der Waals surface area (Å²) in [5, 5.41) is 17.4. The van der Waals surface area contributed by atoms with Gasteiger partial charge < -0.3 is 15.7 Å². The molecule has 7 nitrogen and oxygen atoms in total. The quantitative estimate of drug-likeness (QED) is 0.260. The molecule has 9 heteroatoms. The molecule has 0 radical (unpaired) electrons. The lowest BCUT2D eigenvalue weighted by Crippen LogP contribution is -2.20. The molecule has 36 heavy (non-hydrogen) atoms. The highest BCUT2D eigenvalue weighted by Gasteiger charge is 2.27. The number of halogens is 1. The summed E-state index contributed by atoms with van der Waals surface area (Å²) in [5.74, 6) is 1.10. The van der Waals surface area contributed by atoms with Crippen molar-refractivity contribution in [1.82, 2.24) is 19.9 Å². The molecule has 186 valence electrons. The summed E-state index contributed by atoms with van der Waals surface area (Å²) in [5.41, 5.74) is 4.13. The summed E-state index contributed by atoms with van der Waals surface area (Å²) in [7, 11) is 0. The van der Waals surface area contributed by atoms with E-state index in [0.29, 0.717) is 17.7 Å². The molecule has 3 aromatic heterocycles. The number of fused-ring (bicyclic) bond motifs is 1. The van der Waals surface area contributed by atoms with Gasteiger partial charge in [-0.3, -0.25) is 4.98 Å². The van der Waals surface area contributed by atoms with E-state index in [0.717, 1.165) is 57.0 Å². The Bertz CT molecular complexity index is 1410. The number of benzene rings is 1. The van der Waals surface area contributed by atoms with Crippen LogP contribution in [0.1, 0.15) is 42.3 Å². The Labute approximate surface area is 213 Å². The van der Waals surface area contributed by atoms with Crippen molar-refractivity contribution in [1.29, 1.82) is 0 Å². The van der Waals surface area contributed by atoms with Crippen LogP contribution in [0.4, 0.5) is 16.2 Å². The number of aliphatic hydroxyl groups excluding tert-OH is 1. The molecule has 5 rings (SSSR count). The third-order valence-electron chi connectivity index (χ3n) is 6.66. The highest BCUT2D eigenvalue weighted by atomic mass is 32.1. The summed E-state index contributed by atoms with van der Waals surface area (Å²) in [6, 6.07) is 8.21. The summed E-state index contributed by atoms with van der Waals surface area (Å²) >= 11 is 1.59. The maximum absolute atomic E-state index is 13.8. The molecule has 0 unspecified atom stereocenters. The maximum atomic E-state index is 13.8. The molecule has 1 aliphatic rings. The summed E-state index contributed by atoms with van der Waals surface area (Å²) in [4.78, 5) is 18.9. The van der Waals surface area contributed by atoms with Crippen LogP contribution in [0.5, 0.6) is 0 Å². The second-order valence-electron chi connectivity index (χ2n) is 9.23. The fourth-order valence-electron chi connectivity index (χ4n) is 4.77. The SMILES string of the molecule is C=C[C@@H](Nc1nc(C)c(-c2nc3c(C)nccc3s2)c(N[C@H]2CC[C@@H](CO)C2)n1)c1cccc(F)c1. The van der Waals surface area contributed by atoms with E-state index in [4.69, 9.17) is 15.0 Å². The molecular weight excluding hydrogens is 475 g/mol. The van der Waals surface area contributed by atoms with Crippen LogP contribution in [-0.4, -0.2) is 37.7 Å². The van der Waals surface area contributed by atoms with Crippen molar-refractivity contribution in [3.63, 3.8) is 0 Å². The maximum Gasteiger partial charge on any atom is 0.225 e. The van der Waals surface area contributed by atoms with Crippen molar-refractivity contribution < 1.29 is 9.50 Å². The van der Waals surface area contributed by atoms with Gasteiger partial charge in [0.25, 0.3) is 0 Å². The van der Waals surface area contributed by atoms with E-state index in [1.54, 1.807) is 29.7 Å². The lowest BCUT2D eigenvalue weighted by atomic mass is 10.1. The molecule has 3 N–H and O–H groups in total. The van der Waals surface area contributed by atoms with E-state index in [9.17, 15) is 9.50 Å². The Balaban J connectivity index is 1.54. The molecule has 4 aromatic rings. The summed E-state index contributed by atoms with van der Waals surface area (Å²) < 4.78 is 14.9. The largest absolute Gasteiger partial charge is 0.396 e. The van der Waals surface area contributed by atoms with Gasteiger partial charge in [0, 0.05) is 18.8 Å².